The minimum absolute atomic E-state index is 0.0540. The van der Waals surface area contributed by atoms with E-state index in [-0.39, 0.29) is 29.7 Å². The molecule has 0 saturated carbocycles. The molecule has 0 aliphatic carbocycles. The van der Waals surface area contributed by atoms with E-state index in [1.54, 1.807) is 24.3 Å². The topological polar surface area (TPSA) is 92.7 Å². The number of carbonyl (C=O) groups excluding carboxylic acids is 2. The van der Waals surface area contributed by atoms with Crippen molar-refractivity contribution in [2.75, 3.05) is 19.6 Å². The molecule has 1 aliphatic rings. The first kappa shape index (κ1) is 26.1. The number of carbonyl (C=O) groups is 2. The second-order valence-electron chi connectivity index (χ2n) is 9.45. The van der Waals surface area contributed by atoms with Crippen molar-refractivity contribution >= 4 is 23.4 Å². The van der Waals surface area contributed by atoms with E-state index >= 15 is 0 Å². The number of benzene rings is 2. The Hall–Kier alpha value is -2.48. The maximum absolute atomic E-state index is 13.3. The summed E-state index contributed by atoms with van der Waals surface area (Å²) in [5, 5.41) is 0.601. The second-order valence-corrected chi connectivity index (χ2v) is 9.88. The molecule has 4 atom stereocenters. The molecule has 34 heavy (non-hydrogen) atoms. The van der Waals surface area contributed by atoms with Gasteiger partial charge in [0.1, 0.15) is 5.82 Å². The number of piperazine rings is 1. The Bertz CT molecular complexity index is 983. The first-order valence-electron chi connectivity index (χ1n) is 11.7. The van der Waals surface area contributed by atoms with Gasteiger partial charge >= 0.3 is 0 Å². The number of rotatable bonds is 8. The summed E-state index contributed by atoms with van der Waals surface area (Å²) in [6, 6.07) is 12.3. The van der Waals surface area contributed by atoms with Gasteiger partial charge in [-0.15, -0.1) is 0 Å². The second kappa shape index (κ2) is 11.3. The largest absolute Gasteiger partial charge is 0.369 e. The summed E-state index contributed by atoms with van der Waals surface area (Å²) in [5.74, 6) is -1.12. The van der Waals surface area contributed by atoms with E-state index in [0.717, 1.165) is 11.1 Å². The molecule has 184 valence electrons. The van der Waals surface area contributed by atoms with Crippen LogP contribution in [0.1, 0.15) is 37.8 Å². The highest BCUT2D eigenvalue weighted by Gasteiger charge is 2.38. The fourth-order valence-corrected chi connectivity index (χ4v) is 4.91. The minimum Gasteiger partial charge on any atom is -0.369 e. The Kier molecular flexibility index (Phi) is 8.68. The molecule has 1 saturated heterocycles. The van der Waals surface area contributed by atoms with Gasteiger partial charge in [0.25, 0.3) is 0 Å². The van der Waals surface area contributed by atoms with Crippen LogP contribution in [0, 0.1) is 11.7 Å². The monoisotopic (exact) mass is 488 g/mol. The average molecular weight is 489 g/mol. The molecule has 3 rings (SSSR count). The van der Waals surface area contributed by atoms with Crippen LogP contribution < -0.4 is 11.5 Å². The van der Waals surface area contributed by atoms with Crippen LogP contribution in [0.25, 0.3) is 0 Å². The van der Waals surface area contributed by atoms with Crippen molar-refractivity contribution in [3.63, 3.8) is 0 Å². The van der Waals surface area contributed by atoms with Crippen molar-refractivity contribution in [1.82, 2.24) is 9.80 Å². The van der Waals surface area contributed by atoms with E-state index in [1.807, 2.05) is 24.0 Å². The smallest absolute Gasteiger partial charge is 0.240 e. The number of nitrogens with zero attached hydrogens (tertiary/aromatic N) is 2. The molecule has 1 aliphatic heterocycles. The third kappa shape index (κ3) is 6.14. The van der Waals surface area contributed by atoms with Crippen molar-refractivity contribution in [1.29, 1.82) is 0 Å². The Balaban J connectivity index is 1.72. The van der Waals surface area contributed by atoms with E-state index < -0.39 is 17.9 Å². The number of nitrogens with two attached hydrogens (primary N) is 2. The van der Waals surface area contributed by atoms with Crippen molar-refractivity contribution in [3.05, 3.63) is 70.5 Å². The zero-order valence-corrected chi connectivity index (χ0v) is 20.7. The molecule has 4 N–H and O–H groups in total. The lowest BCUT2D eigenvalue weighted by atomic mass is 9.89. The zero-order chi connectivity index (χ0) is 25.0. The van der Waals surface area contributed by atoms with Gasteiger partial charge in [-0.3, -0.25) is 14.5 Å². The lowest BCUT2D eigenvalue weighted by molar-refractivity contribution is -0.140. The Morgan fingerprint density at radius 2 is 1.68 bits per heavy atom. The summed E-state index contributed by atoms with van der Waals surface area (Å²) >= 11 is 6.02. The molecule has 0 aromatic heterocycles. The Morgan fingerprint density at radius 3 is 2.24 bits per heavy atom. The first-order chi connectivity index (χ1) is 16.1. The summed E-state index contributed by atoms with van der Waals surface area (Å²) in [6.07, 6.45) is 0.348. The highest BCUT2D eigenvalue weighted by Crippen LogP contribution is 2.28. The molecular weight excluding hydrogens is 455 g/mol. The van der Waals surface area contributed by atoms with Gasteiger partial charge in [-0.05, 0) is 54.7 Å². The fourth-order valence-electron chi connectivity index (χ4n) is 4.78. The highest BCUT2D eigenvalue weighted by atomic mass is 35.5. The summed E-state index contributed by atoms with van der Waals surface area (Å²) in [5.41, 5.74) is 13.7. The quantitative estimate of drug-likeness (QED) is 0.597. The van der Waals surface area contributed by atoms with Crippen LogP contribution in [0.3, 0.4) is 0 Å². The van der Waals surface area contributed by atoms with E-state index in [0.29, 0.717) is 31.1 Å². The molecule has 0 bridgehead atoms. The van der Waals surface area contributed by atoms with Gasteiger partial charge in [-0.2, -0.15) is 0 Å². The van der Waals surface area contributed by atoms with Gasteiger partial charge < -0.3 is 16.4 Å². The van der Waals surface area contributed by atoms with Crippen LogP contribution in [0.5, 0.6) is 0 Å². The average Bonchev–Trinajstić information content (AvgIpc) is 2.80. The number of amides is 2. The van der Waals surface area contributed by atoms with E-state index in [1.165, 1.54) is 12.1 Å². The predicted octanol–water partition coefficient (Wildman–Crippen LogP) is 3.18. The van der Waals surface area contributed by atoms with Crippen LogP contribution in [0.15, 0.2) is 48.5 Å². The Morgan fingerprint density at radius 1 is 1.06 bits per heavy atom. The minimum atomic E-state index is -0.705. The summed E-state index contributed by atoms with van der Waals surface area (Å²) in [6.45, 7) is 7.89. The van der Waals surface area contributed by atoms with Crippen LogP contribution in [0.4, 0.5) is 4.39 Å². The number of primary amides is 1. The fraction of sp³-hybridized carbons (Fsp3) is 0.462. The molecule has 4 unspecified atom stereocenters. The summed E-state index contributed by atoms with van der Waals surface area (Å²) in [7, 11) is 0. The lowest BCUT2D eigenvalue weighted by Gasteiger charge is -2.47. The SMILES string of the molecule is CC(C)C1CN(C(C)C(C(N)=O)c2ccc(Cl)cc2)CCN1C(=O)C(N)Cc1ccc(F)cc1. The van der Waals surface area contributed by atoms with Crippen molar-refractivity contribution in [2.24, 2.45) is 17.4 Å². The third-order valence-corrected chi connectivity index (χ3v) is 7.03. The molecule has 0 spiro atoms. The van der Waals surface area contributed by atoms with Crippen LogP contribution in [-0.4, -0.2) is 59.4 Å². The van der Waals surface area contributed by atoms with Crippen LogP contribution >= 0.6 is 11.6 Å². The van der Waals surface area contributed by atoms with Crippen LogP contribution in [-0.2, 0) is 16.0 Å². The normalized spacial score (nSPS) is 19.6. The van der Waals surface area contributed by atoms with Gasteiger partial charge in [0.05, 0.1) is 12.0 Å². The molecule has 2 amide bonds. The standard InChI is InChI=1S/C26H34ClFN4O2/c1-16(2)23-15-31(17(3)24(25(30)33)19-6-8-20(27)9-7-19)12-13-32(23)26(34)22(29)14-18-4-10-21(28)11-5-18/h4-11,16-17,22-24H,12-15,29H2,1-3H3,(H2,30,33). The summed E-state index contributed by atoms with van der Waals surface area (Å²) in [4.78, 5) is 29.8. The molecule has 8 heteroatoms. The molecule has 0 radical (unpaired) electrons. The molecule has 1 fully saturated rings. The molecule has 2 aromatic carbocycles. The van der Waals surface area contributed by atoms with Crippen molar-refractivity contribution in [2.45, 2.75) is 51.2 Å². The van der Waals surface area contributed by atoms with E-state index in [2.05, 4.69) is 18.7 Å². The lowest BCUT2D eigenvalue weighted by Crippen LogP contribution is -2.62. The van der Waals surface area contributed by atoms with Gasteiger partial charge in [-0.25, -0.2) is 4.39 Å². The number of hydrogen-bond donors (Lipinski definition) is 2. The maximum atomic E-state index is 13.3. The summed E-state index contributed by atoms with van der Waals surface area (Å²) < 4.78 is 13.2. The number of halogens is 2. The molecular formula is C26H34ClFN4O2. The molecule has 6 nitrogen and oxygen atoms in total. The maximum Gasteiger partial charge on any atom is 0.240 e. The van der Waals surface area contributed by atoms with E-state index in [9.17, 15) is 14.0 Å². The van der Waals surface area contributed by atoms with Gasteiger partial charge in [0.2, 0.25) is 11.8 Å². The molecule has 2 aromatic rings. The zero-order valence-electron chi connectivity index (χ0n) is 20.0. The molecule has 1 heterocycles. The Labute approximate surface area is 206 Å². The number of hydrogen-bond acceptors (Lipinski definition) is 4. The third-order valence-electron chi connectivity index (χ3n) is 6.78. The van der Waals surface area contributed by atoms with Crippen LogP contribution in [0.2, 0.25) is 5.02 Å². The van der Waals surface area contributed by atoms with Gasteiger partial charge in [0.15, 0.2) is 0 Å². The van der Waals surface area contributed by atoms with Gasteiger partial charge in [-0.1, -0.05) is 49.7 Å². The van der Waals surface area contributed by atoms with Crippen molar-refractivity contribution in [3.8, 4) is 0 Å². The van der Waals surface area contributed by atoms with E-state index in [4.69, 9.17) is 23.1 Å². The predicted molar refractivity (Wildman–Crippen MR) is 133 cm³/mol. The first-order valence-corrected chi connectivity index (χ1v) is 12.1. The van der Waals surface area contributed by atoms with Gasteiger partial charge in [0, 0.05) is 36.7 Å². The van der Waals surface area contributed by atoms with Crippen molar-refractivity contribution < 1.29 is 14.0 Å². The highest BCUT2D eigenvalue weighted by molar-refractivity contribution is 6.30.